The molecule has 3 aromatic rings. The zero-order chi connectivity index (χ0) is 21.4. The fraction of sp³-hybridized carbons (Fsp3) is 0.179. The summed E-state index contributed by atoms with van der Waals surface area (Å²) in [5.41, 5.74) is 3.49. The zero-order valence-electron chi connectivity index (χ0n) is 17.3. The molecule has 3 heteroatoms. The second-order valence-corrected chi connectivity index (χ2v) is 8.30. The Bertz CT molecular complexity index is 1020. The second kappa shape index (κ2) is 7.68. The molecular weight excluding hydrogens is 382 g/mol. The van der Waals surface area contributed by atoms with E-state index < -0.39 is 11.5 Å². The van der Waals surface area contributed by atoms with Gasteiger partial charge in [0.25, 0.3) is 0 Å². The molecule has 3 aromatic carbocycles. The summed E-state index contributed by atoms with van der Waals surface area (Å²) in [7, 11) is 0. The Labute approximate surface area is 183 Å². The molecule has 4 atom stereocenters. The summed E-state index contributed by atoms with van der Waals surface area (Å²) < 4.78 is 0. The van der Waals surface area contributed by atoms with Gasteiger partial charge >= 0.3 is 5.97 Å². The largest absolute Gasteiger partial charge is 0.478 e. The summed E-state index contributed by atoms with van der Waals surface area (Å²) in [5, 5.41) is 9.71. The SMILES string of the molecule is C=C[C@@H]1CC(C(=O)O)=C[C@H]2[C@@H]1N2C(c1ccccc1)(c1ccccc1)c1ccccc1. The van der Waals surface area contributed by atoms with E-state index in [4.69, 9.17) is 0 Å². The molecule has 1 aliphatic carbocycles. The molecule has 2 aliphatic rings. The average Bonchev–Trinajstić information content (AvgIpc) is 3.56. The third-order valence-corrected chi connectivity index (χ3v) is 6.71. The number of carbonyl (C=O) groups is 1. The van der Waals surface area contributed by atoms with Gasteiger partial charge < -0.3 is 5.11 Å². The maximum atomic E-state index is 11.8. The van der Waals surface area contributed by atoms with Crippen molar-refractivity contribution >= 4 is 5.97 Å². The van der Waals surface area contributed by atoms with Gasteiger partial charge in [0.2, 0.25) is 0 Å². The van der Waals surface area contributed by atoms with E-state index in [0.29, 0.717) is 12.0 Å². The van der Waals surface area contributed by atoms with E-state index in [0.717, 1.165) is 0 Å². The van der Waals surface area contributed by atoms with Crippen molar-refractivity contribution in [2.75, 3.05) is 0 Å². The van der Waals surface area contributed by atoms with Crippen molar-refractivity contribution in [1.82, 2.24) is 4.90 Å². The Hall–Kier alpha value is -3.43. The molecule has 0 spiro atoms. The van der Waals surface area contributed by atoms with Gasteiger partial charge in [0.15, 0.2) is 0 Å². The van der Waals surface area contributed by atoms with Crippen LogP contribution in [0.1, 0.15) is 23.1 Å². The van der Waals surface area contributed by atoms with Crippen molar-refractivity contribution in [2.45, 2.75) is 24.0 Å². The van der Waals surface area contributed by atoms with Gasteiger partial charge in [-0.3, -0.25) is 4.90 Å². The van der Waals surface area contributed by atoms with Crippen LogP contribution in [0.25, 0.3) is 0 Å². The lowest BCUT2D eigenvalue weighted by Crippen LogP contribution is -2.40. The molecule has 1 unspecified atom stereocenters. The summed E-state index contributed by atoms with van der Waals surface area (Å²) in [6.45, 7) is 4.04. The van der Waals surface area contributed by atoms with Crippen LogP contribution in [-0.2, 0) is 10.3 Å². The van der Waals surface area contributed by atoms with E-state index in [-0.39, 0.29) is 18.0 Å². The number of hydrogen-bond acceptors (Lipinski definition) is 2. The molecule has 1 heterocycles. The van der Waals surface area contributed by atoms with Crippen molar-refractivity contribution in [2.24, 2.45) is 5.92 Å². The Kier molecular flexibility index (Phi) is 4.84. The highest BCUT2D eigenvalue weighted by atomic mass is 16.4. The average molecular weight is 408 g/mol. The minimum atomic E-state index is -0.832. The van der Waals surface area contributed by atoms with Gasteiger partial charge in [0, 0.05) is 17.7 Å². The molecule has 1 saturated heterocycles. The van der Waals surface area contributed by atoms with Crippen molar-refractivity contribution in [3.05, 3.63) is 132 Å². The minimum Gasteiger partial charge on any atom is -0.478 e. The monoisotopic (exact) mass is 407 g/mol. The molecule has 1 fully saturated rings. The molecule has 0 saturated carbocycles. The number of aliphatic carboxylic acids is 1. The molecule has 0 amide bonds. The summed E-state index contributed by atoms with van der Waals surface area (Å²) in [5.74, 6) is -0.738. The van der Waals surface area contributed by atoms with Crippen LogP contribution < -0.4 is 0 Å². The van der Waals surface area contributed by atoms with E-state index in [9.17, 15) is 9.90 Å². The van der Waals surface area contributed by atoms with E-state index in [1.54, 1.807) is 0 Å². The second-order valence-electron chi connectivity index (χ2n) is 8.30. The van der Waals surface area contributed by atoms with Crippen molar-refractivity contribution in [3.8, 4) is 0 Å². The maximum Gasteiger partial charge on any atom is 0.331 e. The Morgan fingerprint density at radius 2 is 1.32 bits per heavy atom. The predicted octanol–water partition coefficient (Wildman–Crippen LogP) is 5.25. The van der Waals surface area contributed by atoms with Crippen molar-refractivity contribution in [3.63, 3.8) is 0 Å². The summed E-state index contributed by atoms with van der Waals surface area (Å²) in [6.07, 6.45) is 4.40. The van der Waals surface area contributed by atoms with Crippen LogP contribution in [-0.4, -0.2) is 28.1 Å². The maximum absolute atomic E-state index is 11.8. The highest BCUT2D eigenvalue weighted by Gasteiger charge is 2.62. The fourth-order valence-corrected chi connectivity index (χ4v) is 5.37. The Morgan fingerprint density at radius 1 is 0.871 bits per heavy atom. The number of fused-ring (bicyclic) bond motifs is 1. The fourth-order valence-electron chi connectivity index (χ4n) is 5.37. The smallest absolute Gasteiger partial charge is 0.331 e. The Balaban J connectivity index is 1.78. The summed E-state index contributed by atoms with van der Waals surface area (Å²) in [4.78, 5) is 14.3. The van der Waals surface area contributed by atoms with E-state index in [1.165, 1.54) is 16.7 Å². The lowest BCUT2D eigenvalue weighted by Gasteiger charge is -2.39. The number of carboxylic acid groups (broad SMARTS) is 1. The lowest BCUT2D eigenvalue weighted by molar-refractivity contribution is -0.132. The van der Waals surface area contributed by atoms with Gasteiger partial charge in [0.05, 0.1) is 5.54 Å². The Morgan fingerprint density at radius 3 is 1.71 bits per heavy atom. The molecule has 3 nitrogen and oxygen atoms in total. The lowest BCUT2D eigenvalue weighted by atomic mass is 9.76. The molecule has 31 heavy (non-hydrogen) atoms. The standard InChI is InChI=1S/C28H25NO2/c1-2-20-18-21(27(30)31)19-25-26(20)29(25)28(22-12-6-3-7-13-22,23-14-8-4-9-15-23)24-16-10-5-11-17-24/h2-17,19-20,25-26H,1,18H2,(H,30,31)/t20-,25+,26-,29?/m1/s1. The molecule has 0 radical (unpaired) electrons. The van der Waals surface area contributed by atoms with Gasteiger partial charge in [-0.05, 0) is 29.0 Å². The summed E-state index contributed by atoms with van der Waals surface area (Å²) >= 11 is 0. The van der Waals surface area contributed by atoms with Crippen LogP contribution in [0.15, 0.2) is 115 Å². The minimum absolute atomic E-state index is 0.0449. The van der Waals surface area contributed by atoms with E-state index >= 15 is 0 Å². The molecule has 5 rings (SSSR count). The molecular formula is C28H25NO2. The van der Waals surface area contributed by atoms with E-state index in [1.807, 2.05) is 30.4 Å². The number of hydrogen-bond donors (Lipinski definition) is 1. The van der Waals surface area contributed by atoms with Crippen LogP contribution in [0.3, 0.4) is 0 Å². The number of benzene rings is 3. The molecule has 1 aliphatic heterocycles. The first kappa shape index (κ1) is 19.5. The molecule has 0 aromatic heterocycles. The van der Waals surface area contributed by atoms with E-state index in [2.05, 4.69) is 84.3 Å². The highest BCUT2D eigenvalue weighted by molar-refractivity contribution is 5.87. The molecule has 0 bridgehead atoms. The van der Waals surface area contributed by atoms with Crippen molar-refractivity contribution in [1.29, 1.82) is 0 Å². The molecule has 1 N–H and O–H groups in total. The third-order valence-electron chi connectivity index (χ3n) is 6.71. The number of carboxylic acids is 1. The predicted molar refractivity (Wildman–Crippen MR) is 123 cm³/mol. The first-order valence-corrected chi connectivity index (χ1v) is 10.7. The van der Waals surface area contributed by atoms with Crippen LogP contribution in [0.5, 0.6) is 0 Å². The number of nitrogens with zero attached hydrogens (tertiary/aromatic N) is 1. The number of rotatable bonds is 6. The van der Waals surface area contributed by atoms with Gasteiger partial charge in [-0.2, -0.15) is 0 Å². The van der Waals surface area contributed by atoms with Crippen LogP contribution in [0.2, 0.25) is 0 Å². The third kappa shape index (κ3) is 3.05. The first-order chi connectivity index (χ1) is 15.2. The van der Waals surface area contributed by atoms with Gasteiger partial charge in [-0.1, -0.05) is 103 Å². The van der Waals surface area contributed by atoms with Gasteiger partial charge in [-0.15, -0.1) is 6.58 Å². The zero-order valence-corrected chi connectivity index (χ0v) is 17.3. The van der Waals surface area contributed by atoms with Crippen LogP contribution >= 0.6 is 0 Å². The summed E-state index contributed by atoms with van der Waals surface area (Å²) in [6, 6.07) is 31.9. The van der Waals surface area contributed by atoms with Crippen LogP contribution in [0, 0.1) is 5.92 Å². The normalized spacial score (nSPS) is 24.6. The first-order valence-electron chi connectivity index (χ1n) is 10.7. The van der Waals surface area contributed by atoms with Crippen molar-refractivity contribution < 1.29 is 9.90 Å². The quantitative estimate of drug-likeness (QED) is 0.345. The van der Waals surface area contributed by atoms with Crippen LogP contribution in [0.4, 0.5) is 0 Å². The van der Waals surface area contributed by atoms with Gasteiger partial charge in [-0.25, -0.2) is 4.79 Å². The highest BCUT2D eigenvalue weighted by Crippen LogP contribution is 2.56. The topological polar surface area (TPSA) is 40.3 Å². The molecule has 154 valence electrons. The van der Waals surface area contributed by atoms with Gasteiger partial charge in [0.1, 0.15) is 0 Å².